The molecule has 4 nitrogen and oxygen atoms in total. The molecular formula is C27H26ClNO3S. The monoisotopic (exact) mass is 479 g/mol. The summed E-state index contributed by atoms with van der Waals surface area (Å²) in [5.41, 5.74) is 4.53. The van der Waals surface area contributed by atoms with E-state index < -0.39 is 0 Å². The van der Waals surface area contributed by atoms with E-state index in [-0.39, 0.29) is 23.0 Å². The molecule has 0 aliphatic rings. The number of halogens is 1. The Kier molecular flexibility index (Phi) is 7.11. The molecule has 6 heteroatoms. The molecule has 4 aromatic rings. The number of benzene rings is 3. The third kappa shape index (κ3) is 5.60. The fourth-order valence-electron chi connectivity index (χ4n) is 3.73. The Morgan fingerprint density at radius 1 is 1.03 bits per heavy atom. The Balaban J connectivity index is 1.51. The van der Waals surface area contributed by atoms with Gasteiger partial charge in [-0.3, -0.25) is 4.79 Å². The van der Waals surface area contributed by atoms with Crippen molar-refractivity contribution in [1.29, 1.82) is 0 Å². The van der Waals surface area contributed by atoms with Crippen molar-refractivity contribution in [1.82, 2.24) is 4.98 Å². The van der Waals surface area contributed by atoms with Crippen molar-refractivity contribution < 1.29 is 14.3 Å². The summed E-state index contributed by atoms with van der Waals surface area (Å²) >= 11 is 7.38. The third-order valence-corrected chi connectivity index (χ3v) is 6.70. The first kappa shape index (κ1) is 23.4. The number of thioether (sulfide) groups is 1. The lowest BCUT2D eigenvalue weighted by molar-refractivity contribution is 0.0963. The molecule has 0 saturated heterocycles. The van der Waals surface area contributed by atoms with E-state index in [1.165, 1.54) is 23.4 Å². The van der Waals surface area contributed by atoms with Crippen LogP contribution in [0.25, 0.3) is 11.1 Å². The molecule has 1 heterocycles. The zero-order valence-electron chi connectivity index (χ0n) is 18.8. The second kappa shape index (κ2) is 10.0. The molecule has 0 radical (unpaired) electrons. The minimum atomic E-state index is -0.382. The van der Waals surface area contributed by atoms with Crippen molar-refractivity contribution >= 4 is 40.2 Å². The number of aromatic nitrogens is 1. The number of phenolic OH excluding ortho intramolecular Hbond substituents is 1. The second-order valence-electron chi connectivity index (χ2n) is 8.66. The average molecular weight is 480 g/mol. The van der Waals surface area contributed by atoms with Gasteiger partial charge in [-0.2, -0.15) is 0 Å². The van der Waals surface area contributed by atoms with Gasteiger partial charge in [-0.1, -0.05) is 80.5 Å². The van der Waals surface area contributed by atoms with Crippen molar-refractivity contribution in [3.8, 4) is 5.75 Å². The summed E-state index contributed by atoms with van der Waals surface area (Å²) in [6.45, 7) is 6.23. The molecule has 0 amide bonds. The maximum Gasteiger partial charge on any atom is 0.257 e. The zero-order valence-corrected chi connectivity index (χ0v) is 20.4. The van der Waals surface area contributed by atoms with E-state index in [4.69, 9.17) is 16.0 Å². The van der Waals surface area contributed by atoms with Crippen molar-refractivity contribution in [2.24, 2.45) is 5.92 Å². The lowest BCUT2D eigenvalue weighted by atomic mass is 9.90. The van der Waals surface area contributed by atoms with Gasteiger partial charge in [0.15, 0.2) is 11.4 Å². The third-order valence-electron chi connectivity index (χ3n) is 5.54. The molecule has 1 atom stereocenters. The Hall–Kier alpha value is -2.76. The van der Waals surface area contributed by atoms with Crippen LogP contribution in [0.4, 0.5) is 0 Å². The van der Waals surface area contributed by atoms with Crippen molar-refractivity contribution in [3.05, 3.63) is 87.9 Å². The zero-order chi connectivity index (χ0) is 23.5. The van der Waals surface area contributed by atoms with Gasteiger partial charge in [-0.25, -0.2) is 4.98 Å². The molecule has 33 heavy (non-hydrogen) atoms. The Labute approximate surface area is 203 Å². The fourth-order valence-corrected chi connectivity index (χ4v) is 4.65. The van der Waals surface area contributed by atoms with E-state index in [0.717, 1.165) is 17.5 Å². The maximum absolute atomic E-state index is 13.2. The normalized spacial score (nSPS) is 12.4. The molecule has 0 saturated carbocycles. The van der Waals surface area contributed by atoms with Gasteiger partial charge in [-0.15, -0.1) is 0 Å². The smallest absolute Gasteiger partial charge is 0.257 e. The van der Waals surface area contributed by atoms with Crippen LogP contribution in [-0.2, 0) is 12.2 Å². The molecule has 0 fully saturated rings. The number of carbonyl (C=O) groups is 1. The largest absolute Gasteiger partial charge is 0.507 e. The number of oxazole rings is 1. The molecule has 3 aromatic carbocycles. The van der Waals surface area contributed by atoms with E-state index in [2.05, 4.69) is 31.0 Å². The number of Topliss-reactive ketones (excluding diaryl/α,β-unsaturated/α-hetero) is 1. The molecule has 170 valence electrons. The SMILES string of the molecule is CC(C)Cc1ccc(C(C)C(=O)c2cc3nc(SCc4ccc(Cl)cc4)oc3cc2O)cc1. The van der Waals surface area contributed by atoms with Crippen LogP contribution in [0.3, 0.4) is 0 Å². The summed E-state index contributed by atoms with van der Waals surface area (Å²) < 4.78 is 5.77. The number of aromatic hydroxyl groups is 1. The minimum absolute atomic E-state index is 0.0961. The van der Waals surface area contributed by atoms with Crippen LogP contribution in [0.1, 0.15) is 53.7 Å². The van der Waals surface area contributed by atoms with E-state index in [1.807, 2.05) is 43.3 Å². The first-order valence-electron chi connectivity index (χ1n) is 10.9. The van der Waals surface area contributed by atoms with Crippen LogP contribution in [0.2, 0.25) is 5.02 Å². The standard InChI is InChI=1S/C27H26ClNO3S/c1-16(2)12-18-4-8-20(9-5-18)17(3)26(31)22-13-23-25(14-24(22)30)32-27(29-23)33-15-19-6-10-21(28)11-7-19/h4-11,13-14,16-17,30H,12,15H2,1-3H3. The summed E-state index contributed by atoms with van der Waals surface area (Å²) in [5, 5.41) is 11.7. The number of hydrogen-bond donors (Lipinski definition) is 1. The van der Waals surface area contributed by atoms with Gasteiger partial charge in [0, 0.05) is 22.8 Å². The van der Waals surface area contributed by atoms with Crippen molar-refractivity contribution in [2.45, 2.75) is 44.1 Å². The Morgan fingerprint density at radius 3 is 2.36 bits per heavy atom. The number of hydrogen-bond acceptors (Lipinski definition) is 5. The predicted molar refractivity (Wildman–Crippen MR) is 134 cm³/mol. The minimum Gasteiger partial charge on any atom is -0.507 e. The van der Waals surface area contributed by atoms with E-state index in [9.17, 15) is 9.90 Å². The molecule has 0 spiro atoms. The molecule has 0 aliphatic heterocycles. The summed E-state index contributed by atoms with van der Waals surface area (Å²) in [6, 6.07) is 18.8. The summed E-state index contributed by atoms with van der Waals surface area (Å²) in [5.74, 6) is 0.624. The molecule has 1 aromatic heterocycles. The van der Waals surface area contributed by atoms with Crippen LogP contribution in [-0.4, -0.2) is 15.9 Å². The topological polar surface area (TPSA) is 63.3 Å². The quantitative estimate of drug-likeness (QED) is 0.207. The molecule has 1 unspecified atom stereocenters. The van der Waals surface area contributed by atoms with Crippen molar-refractivity contribution in [2.75, 3.05) is 0 Å². The molecular weight excluding hydrogens is 454 g/mol. The number of nitrogens with zero attached hydrogens (tertiary/aromatic N) is 1. The van der Waals surface area contributed by atoms with Crippen LogP contribution >= 0.6 is 23.4 Å². The van der Waals surface area contributed by atoms with Crippen LogP contribution < -0.4 is 0 Å². The van der Waals surface area contributed by atoms with Gasteiger partial charge >= 0.3 is 0 Å². The Morgan fingerprint density at radius 2 is 1.70 bits per heavy atom. The first-order valence-corrected chi connectivity index (χ1v) is 12.3. The van der Waals surface area contributed by atoms with Gasteiger partial charge in [-0.05, 0) is 47.2 Å². The number of rotatable bonds is 8. The highest BCUT2D eigenvalue weighted by molar-refractivity contribution is 7.98. The molecule has 4 rings (SSSR count). The van der Waals surface area contributed by atoms with Crippen molar-refractivity contribution in [3.63, 3.8) is 0 Å². The average Bonchev–Trinajstić information content (AvgIpc) is 3.19. The van der Waals surface area contributed by atoms with E-state index >= 15 is 0 Å². The van der Waals surface area contributed by atoms with Gasteiger partial charge in [0.25, 0.3) is 5.22 Å². The van der Waals surface area contributed by atoms with Crippen LogP contribution in [0.5, 0.6) is 5.75 Å². The molecule has 0 bridgehead atoms. The summed E-state index contributed by atoms with van der Waals surface area (Å²) in [4.78, 5) is 17.7. The lowest BCUT2D eigenvalue weighted by Gasteiger charge is -2.13. The lowest BCUT2D eigenvalue weighted by Crippen LogP contribution is -2.10. The summed E-state index contributed by atoms with van der Waals surface area (Å²) in [6.07, 6.45) is 1.00. The highest BCUT2D eigenvalue weighted by Crippen LogP contribution is 2.33. The van der Waals surface area contributed by atoms with Gasteiger partial charge in [0.1, 0.15) is 11.3 Å². The predicted octanol–water partition coefficient (Wildman–Crippen LogP) is 7.66. The second-order valence-corrected chi connectivity index (χ2v) is 10.0. The first-order chi connectivity index (χ1) is 15.8. The van der Waals surface area contributed by atoms with Crippen LogP contribution in [0, 0.1) is 5.92 Å². The number of phenols is 1. The molecule has 0 aliphatic carbocycles. The summed E-state index contributed by atoms with van der Waals surface area (Å²) in [7, 11) is 0. The maximum atomic E-state index is 13.2. The molecule has 1 N–H and O–H groups in total. The Bertz CT molecular complexity index is 1260. The highest BCUT2D eigenvalue weighted by Gasteiger charge is 2.22. The highest BCUT2D eigenvalue weighted by atomic mass is 35.5. The van der Waals surface area contributed by atoms with E-state index in [1.54, 1.807) is 6.07 Å². The number of carbonyl (C=O) groups excluding carboxylic acids is 1. The van der Waals surface area contributed by atoms with Gasteiger partial charge in [0.05, 0.1) is 5.56 Å². The number of fused-ring (bicyclic) bond motifs is 1. The van der Waals surface area contributed by atoms with Gasteiger partial charge in [0.2, 0.25) is 0 Å². The fraction of sp³-hybridized carbons (Fsp3) is 0.259. The van der Waals surface area contributed by atoms with Gasteiger partial charge < -0.3 is 9.52 Å². The van der Waals surface area contributed by atoms with E-state index in [0.29, 0.717) is 33.0 Å². The number of ketones is 1. The van der Waals surface area contributed by atoms with Crippen LogP contribution in [0.15, 0.2) is 70.3 Å².